The van der Waals surface area contributed by atoms with Crippen LogP contribution >= 0.6 is 0 Å². The lowest BCUT2D eigenvalue weighted by molar-refractivity contribution is -0.129. The Morgan fingerprint density at radius 1 is 1.19 bits per heavy atom. The first kappa shape index (κ1) is 13.9. The predicted octanol–water partition coefficient (Wildman–Crippen LogP) is 1.47. The van der Waals surface area contributed by atoms with Crippen LogP contribution in [0.5, 0.6) is 0 Å². The average molecular weight is 287 g/mol. The normalized spacial score (nSPS) is 18.6. The van der Waals surface area contributed by atoms with Gasteiger partial charge in [-0.1, -0.05) is 18.6 Å². The summed E-state index contributed by atoms with van der Waals surface area (Å²) in [5.74, 6) is 0.392. The highest BCUT2D eigenvalue weighted by Crippen LogP contribution is 2.27. The third kappa shape index (κ3) is 2.73. The van der Waals surface area contributed by atoms with Gasteiger partial charge in [-0.2, -0.15) is 0 Å². The number of nitrogens with one attached hydrogen (secondary N) is 2. The highest BCUT2D eigenvalue weighted by molar-refractivity contribution is 6.00. The Morgan fingerprint density at radius 2 is 1.90 bits per heavy atom. The molecule has 112 valence electrons. The Balaban J connectivity index is 1.53. The Kier molecular flexibility index (Phi) is 3.82. The predicted molar refractivity (Wildman–Crippen MR) is 81.2 cm³/mol. The van der Waals surface area contributed by atoms with Crippen LogP contribution in [0.1, 0.15) is 29.6 Å². The first-order chi connectivity index (χ1) is 10.2. The van der Waals surface area contributed by atoms with E-state index >= 15 is 0 Å². The second-order valence-electron chi connectivity index (χ2n) is 5.84. The van der Waals surface area contributed by atoms with E-state index in [2.05, 4.69) is 10.6 Å². The molecule has 2 N–H and O–H groups in total. The van der Waals surface area contributed by atoms with Crippen molar-refractivity contribution >= 4 is 17.5 Å². The molecule has 1 aliphatic heterocycles. The van der Waals surface area contributed by atoms with Crippen LogP contribution in [-0.2, 0) is 4.79 Å². The largest absolute Gasteiger partial charge is 0.387 e. The van der Waals surface area contributed by atoms with Crippen LogP contribution in [0.25, 0.3) is 0 Å². The van der Waals surface area contributed by atoms with Crippen molar-refractivity contribution in [2.45, 2.75) is 25.3 Å². The topological polar surface area (TPSA) is 61.4 Å². The number of nitrogens with zero attached hydrogens (tertiary/aromatic N) is 1. The van der Waals surface area contributed by atoms with E-state index in [0.717, 1.165) is 24.9 Å². The van der Waals surface area contributed by atoms with Crippen molar-refractivity contribution in [2.75, 3.05) is 25.5 Å². The maximum atomic E-state index is 12.4. The van der Waals surface area contributed by atoms with Crippen molar-refractivity contribution in [3.8, 4) is 0 Å². The minimum Gasteiger partial charge on any atom is -0.387 e. The zero-order valence-electron chi connectivity index (χ0n) is 12.3. The number of hydrogen-bond acceptors (Lipinski definition) is 3. The smallest absolute Gasteiger partial charge is 0.256 e. The molecule has 1 aliphatic carbocycles. The molecule has 1 aromatic carbocycles. The molecule has 21 heavy (non-hydrogen) atoms. The summed E-state index contributed by atoms with van der Waals surface area (Å²) >= 11 is 0. The average Bonchev–Trinajstić information content (AvgIpc) is 2.39. The third-order valence-corrected chi connectivity index (χ3v) is 4.42. The van der Waals surface area contributed by atoms with Crippen LogP contribution in [0.4, 0.5) is 5.69 Å². The molecule has 1 saturated carbocycles. The molecule has 2 aliphatic rings. The van der Waals surface area contributed by atoms with E-state index in [0.29, 0.717) is 18.7 Å². The summed E-state index contributed by atoms with van der Waals surface area (Å²) in [5.41, 5.74) is 1.52. The van der Waals surface area contributed by atoms with Crippen LogP contribution in [0.15, 0.2) is 24.3 Å². The minimum atomic E-state index is 0.0223. The second-order valence-corrected chi connectivity index (χ2v) is 5.84. The van der Waals surface area contributed by atoms with Crippen molar-refractivity contribution < 1.29 is 9.59 Å². The molecule has 0 bridgehead atoms. The van der Waals surface area contributed by atoms with Crippen molar-refractivity contribution in [1.82, 2.24) is 10.2 Å². The van der Waals surface area contributed by atoms with Gasteiger partial charge in [-0.25, -0.2) is 0 Å². The molecule has 0 spiro atoms. The molecule has 2 fully saturated rings. The fourth-order valence-electron chi connectivity index (χ4n) is 2.78. The van der Waals surface area contributed by atoms with Gasteiger partial charge in [0.1, 0.15) is 0 Å². The van der Waals surface area contributed by atoms with E-state index in [1.165, 1.54) is 0 Å². The first-order valence-corrected chi connectivity index (χ1v) is 7.55. The fourth-order valence-corrected chi connectivity index (χ4v) is 2.78. The molecule has 0 radical (unpaired) electrons. The van der Waals surface area contributed by atoms with Gasteiger partial charge in [0.15, 0.2) is 0 Å². The number of hydrogen-bond donors (Lipinski definition) is 2. The van der Waals surface area contributed by atoms with Gasteiger partial charge in [0.2, 0.25) is 5.91 Å². The molecule has 0 atom stereocenters. The Hall–Kier alpha value is -2.04. The Morgan fingerprint density at radius 3 is 2.52 bits per heavy atom. The highest BCUT2D eigenvalue weighted by atomic mass is 16.2. The summed E-state index contributed by atoms with van der Waals surface area (Å²) in [6.07, 6.45) is 3.18. The van der Waals surface area contributed by atoms with Gasteiger partial charge in [0, 0.05) is 31.7 Å². The van der Waals surface area contributed by atoms with Crippen LogP contribution in [0.3, 0.4) is 0 Å². The number of para-hydroxylation sites is 1. The lowest BCUT2D eigenvalue weighted by atomic mass is 9.84. The molecule has 5 heteroatoms. The van der Waals surface area contributed by atoms with Crippen molar-refractivity contribution in [2.24, 2.45) is 5.92 Å². The second kappa shape index (κ2) is 5.76. The zero-order chi connectivity index (χ0) is 14.8. The molecule has 2 amide bonds. The summed E-state index contributed by atoms with van der Waals surface area (Å²) < 4.78 is 0. The van der Waals surface area contributed by atoms with E-state index in [1.54, 1.807) is 4.90 Å². The van der Waals surface area contributed by atoms with Gasteiger partial charge >= 0.3 is 0 Å². The van der Waals surface area contributed by atoms with Crippen molar-refractivity contribution in [1.29, 1.82) is 0 Å². The molecule has 1 aromatic rings. The summed E-state index contributed by atoms with van der Waals surface area (Å²) in [5, 5.41) is 6.07. The number of carbonyl (C=O) groups excluding carboxylic acids is 2. The lowest BCUT2D eigenvalue weighted by Gasteiger charge is -2.41. The van der Waals surface area contributed by atoms with Gasteiger partial charge in [0.25, 0.3) is 5.91 Å². The SMILES string of the molecule is CNc1ccccc1C(=O)N1CC(NC(=O)C2CCC2)C1. The molecule has 1 saturated heterocycles. The van der Waals surface area contributed by atoms with Gasteiger partial charge in [0.05, 0.1) is 11.6 Å². The zero-order valence-corrected chi connectivity index (χ0v) is 12.3. The number of carbonyl (C=O) groups is 2. The Labute approximate surface area is 124 Å². The van der Waals surface area contributed by atoms with Crippen LogP contribution in [0, 0.1) is 5.92 Å². The molecule has 1 heterocycles. The summed E-state index contributed by atoms with van der Waals surface area (Å²) in [7, 11) is 1.81. The highest BCUT2D eigenvalue weighted by Gasteiger charge is 2.35. The molecule has 5 nitrogen and oxygen atoms in total. The quantitative estimate of drug-likeness (QED) is 0.881. The van der Waals surface area contributed by atoms with E-state index in [9.17, 15) is 9.59 Å². The monoisotopic (exact) mass is 287 g/mol. The molecular weight excluding hydrogens is 266 g/mol. The standard InChI is InChI=1S/C16H21N3O2/c1-17-14-8-3-2-7-13(14)16(21)19-9-12(10-19)18-15(20)11-5-4-6-11/h2-3,7-8,11-12,17H,4-6,9-10H2,1H3,(H,18,20). The summed E-state index contributed by atoms with van der Waals surface area (Å²) in [6, 6.07) is 7.60. The summed E-state index contributed by atoms with van der Waals surface area (Å²) in [4.78, 5) is 26.0. The molecule has 3 rings (SSSR count). The number of anilines is 1. The Bertz CT molecular complexity index is 548. The number of amides is 2. The van der Waals surface area contributed by atoms with Crippen molar-refractivity contribution in [3.05, 3.63) is 29.8 Å². The first-order valence-electron chi connectivity index (χ1n) is 7.55. The van der Waals surface area contributed by atoms with E-state index in [-0.39, 0.29) is 23.8 Å². The van der Waals surface area contributed by atoms with Crippen LogP contribution in [0.2, 0.25) is 0 Å². The van der Waals surface area contributed by atoms with Gasteiger partial charge in [-0.3, -0.25) is 9.59 Å². The van der Waals surface area contributed by atoms with Crippen LogP contribution < -0.4 is 10.6 Å². The molecule has 0 aromatic heterocycles. The lowest BCUT2D eigenvalue weighted by Crippen LogP contribution is -2.61. The minimum absolute atomic E-state index is 0.0223. The van der Waals surface area contributed by atoms with Gasteiger partial charge < -0.3 is 15.5 Å². The van der Waals surface area contributed by atoms with E-state index < -0.39 is 0 Å². The van der Waals surface area contributed by atoms with Crippen molar-refractivity contribution in [3.63, 3.8) is 0 Å². The third-order valence-electron chi connectivity index (χ3n) is 4.42. The fraction of sp³-hybridized carbons (Fsp3) is 0.500. The summed E-state index contributed by atoms with van der Waals surface area (Å²) in [6.45, 7) is 1.21. The maximum absolute atomic E-state index is 12.4. The van der Waals surface area contributed by atoms with E-state index in [1.807, 2.05) is 31.3 Å². The number of likely N-dealkylation sites (tertiary alicyclic amines) is 1. The number of benzene rings is 1. The van der Waals surface area contributed by atoms with Gasteiger partial charge in [-0.05, 0) is 25.0 Å². The maximum Gasteiger partial charge on any atom is 0.256 e. The van der Waals surface area contributed by atoms with Crippen LogP contribution in [-0.4, -0.2) is 42.9 Å². The molecule has 0 unspecified atom stereocenters. The molecular formula is C16H21N3O2. The van der Waals surface area contributed by atoms with E-state index in [4.69, 9.17) is 0 Å². The number of rotatable bonds is 4. The van der Waals surface area contributed by atoms with Gasteiger partial charge in [-0.15, -0.1) is 0 Å².